The molecule has 0 aliphatic carbocycles. The minimum absolute atomic E-state index is 0.0698. The molecule has 1 aliphatic heterocycles. The lowest BCUT2D eigenvalue weighted by Crippen LogP contribution is -2.23. The van der Waals surface area contributed by atoms with Gasteiger partial charge < -0.3 is 9.47 Å². The number of para-hydroxylation sites is 2. The highest BCUT2D eigenvalue weighted by atomic mass is 32.2. The lowest BCUT2D eigenvalue weighted by atomic mass is 10.1. The second-order valence-corrected chi connectivity index (χ2v) is 8.75. The molecule has 154 valence electrons. The maximum Gasteiger partial charge on any atom is 0.320 e. The highest BCUT2D eigenvalue weighted by Gasteiger charge is 2.29. The number of rotatable bonds is 6. The van der Waals surface area contributed by atoms with E-state index in [0.717, 1.165) is 4.90 Å². The zero-order valence-corrected chi connectivity index (χ0v) is 18.2. The first-order chi connectivity index (χ1) is 14.6. The number of anilines is 2. The van der Waals surface area contributed by atoms with Gasteiger partial charge in [0.15, 0.2) is 5.13 Å². The average Bonchev–Trinajstić information content (AvgIpc) is 3.39. The van der Waals surface area contributed by atoms with Gasteiger partial charge in [-0.05, 0) is 30.2 Å². The summed E-state index contributed by atoms with van der Waals surface area (Å²) in [6, 6.07) is 15.3. The van der Waals surface area contributed by atoms with Crippen molar-refractivity contribution < 1.29 is 19.1 Å². The van der Waals surface area contributed by atoms with Crippen molar-refractivity contribution in [1.29, 1.82) is 0 Å². The normalized spacial score (nSPS) is 14.8. The number of carbonyl (C=O) groups is 2. The van der Waals surface area contributed by atoms with Crippen LogP contribution in [0.5, 0.6) is 5.75 Å². The number of carbonyl (C=O) groups excluding carboxylic acids is 2. The molecule has 2 aromatic carbocycles. The van der Waals surface area contributed by atoms with Gasteiger partial charge in [0.2, 0.25) is 5.91 Å². The van der Waals surface area contributed by atoms with Crippen LogP contribution in [0.3, 0.4) is 0 Å². The molecule has 8 heteroatoms. The number of nitrogens with zero attached hydrogens (tertiary/aromatic N) is 2. The molecule has 4 rings (SSSR count). The number of hydrogen-bond acceptors (Lipinski definition) is 7. The monoisotopic (exact) mass is 440 g/mol. The van der Waals surface area contributed by atoms with Gasteiger partial charge in [-0.1, -0.05) is 30.3 Å². The molecule has 0 radical (unpaired) electrons. The Balaban J connectivity index is 1.43. The summed E-state index contributed by atoms with van der Waals surface area (Å²) in [7, 11) is 1.56. The number of thiazole rings is 1. The molecule has 1 atom stereocenters. The lowest BCUT2D eigenvalue weighted by Gasteiger charge is -2.20. The van der Waals surface area contributed by atoms with Gasteiger partial charge in [-0.15, -0.1) is 23.1 Å². The van der Waals surface area contributed by atoms with E-state index in [2.05, 4.69) is 4.98 Å². The third-order valence-electron chi connectivity index (χ3n) is 4.64. The third kappa shape index (κ3) is 4.20. The SMILES string of the molecule is COc1ccccc1N(C(C)=O)c1nc(COC(=O)C2Cc3ccccc3S2)cs1. The second kappa shape index (κ2) is 8.89. The lowest BCUT2D eigenvalue weighted by molar-refractivity contribution is -0.144. The van der Waals surface area contributed by atoms with Crippen molar-refractivity contribution in [2.75, 3.05) is 12.0 Å². The molecular weight excluding hydrogens is 420 g/mol. The molecule has 30 heavy (non-hydrogen) atoms. The molecule has 1 amide bonds. The number of ether oxygens (including phenoxy) is 2. The van der Waals surface area contributed by atoms with Gasteiger partial charge in [0.25, 0.3) is 0 Å². The van der Waals surface area contributed by atoms with E-state index < -0.39 is 0 Å². The number of hydrogen-bond donors (Lipinski definition) is 0. The van der Waals surface area contributed by atoms with Crippen LogP contribution in [0, 0.1) is 0 Å². The summed E-state index contributed by atoms with van der Waals surface area (Å²) < 4.78 is 10.9. The number of aromatic nitrogens is 1. The standard InChI is InChI=1S/C22H20N2O4S2/c1-14(25)24(17-8-4-5-9-18(17)27-2)22-23-16(13-29-22)12-28-21(26)20-11-15-7-3-6-10-19(15)30-20/h3-10,13,20H,11-12H2,1-2H3. The van der Waals surface area contributed by atoms with E-state index in [0.29, 0.717) is 28.7 Å². The Morgan fingerprint density at radius 3 is 2.70 bits per heavy atom. The highest BCUT2D eigenvalue weighted by Crippen LogP contribution is 2.38. The fourth-order valence-electron chi connectivity index (χ4n) is 3.24. The molecule has 0 bridgehead atoms. The maximum atomic E-state index is 12.5. The van der Waals surface area contributed by atoms with Crippen molar-refractivity contribution in [2.45, 2.75) is 30.1 Å². The fraction of sp³-hybridized carbons (Fsp3) is 0.227. The van der Waals surface area contributed by atoms with Crippen molar-refractivity contribution in [3.63, 3.8) is 0 Å². The van der Waals surface area contributed by atoms with Crippen LogP contribution in [0.1, 0.15) is 18.2 Å². The van der Waals surface area contributed by atoms with Crippen LogP contribution in [0.15, 0.2) is 58.8 Å². The van der Waals surface area contributed by atoms with Gasteiger partial charge in [-0.2, -0.15) is 0 Å². The van der Waals surface area contributed by atoms with Crippen LogP contribution in [0.4, 0.5) is 10.8 Å². The molecule has 1 aromatic heterocycles. The topological polar surface area (TPSA) is 68.7 Å². The summed E-state index contributed by atoms with van der Waals surface area (Å²) in [5, 5.41) is 2.06. The number of amides is 1. The summed E-state index contributed by atoms with van der Waals surface area (Å²) in [5.41, 5.74) is 2.39. The van der Waals surface area contributed by atoms with E-state index >= 15 is 0 Å². The van der Waals surface area contributed by atoms with Crippen molar-refractivity contribution in [2.24, 2.45) is 0 Å². The maximum absolute atomic E-state index is 12.5. The average molecular weight is 441 g/mol. The largest absolute Gasteiger partial charge is 0.495 e. The van der Waals surface area contributed by atoms with Crippen molar-refractivity contribution in [1.82, 2.24) is 4.98 Å². The smallest absolute Gasteiger partial charge is 0.320 e. The van der Waals surface area contributed by atoms with Crippen LogP contribution < -0.4 is 9.64 Å². The summed E-state index contributed by atoms with van der Waals surface area (Å²) in [6.07, 6.45) is 0.675. The van der Waals surface area contributed by atoms with E-state index in [-0.39, 0.29) is 23.7 Å². The van der Waals surface area contributed by atoms with Crippen LogP contribution >= 0.6 is 23.1 Å². The number of esters is 1. The zero-order chi connectivity index (χ0) is 21.1. The molecular formula is C22H20N2O4S2. The van der Waals surface area contributed by atoms with E-state index in [1.165, 1.54) is 40.5 Å². The minimum atomic E-state index is -0.251. The Labute approximate surface area is 182 Å². The fourth-order valence-corrected chi connectivity index (χ4v) is 5.30. The minimum Gasteiger partial charge on any atom is -0.495 e. The van der Waals surface area contributed by atoms with Gasteiger partial charge >= 0.3 is 5.97 Å². The van der Waals surface area contributed by atoms with Gasteiger partial charge in [0.1, 0.15) is 17.6 Å². The van der Waals surface area contributed by atoms with Crippen LogP contribution in [-0.2, 0) is 27.4 Å². The predicted molar refractivity (Wildman–Crippen MR) is 118 cm³/mol. The van der Waals surface area contributed by atoms with Crippen molar-refractivity contribution in [3.05, 3.63) is 65.2 Å². The van der Waals surface area contributed by atoms with Gasteiger partial charge in [0.05, 0.1) is 18.5 Å². The molecule has 0 saturated carbocycles. The van der Waals surface area contributed by atoms with E-state index in [1.807, 2.05) is 36.4 Å². The van der Waals surface area contributed by atoms with Gasteiger partial charge in [-0.3, -0.25) is 14.5 Å². The first kappa shape index (κ1) is 20.4. The molecule has 3 aromatic rings. The first-order valence-corrected chi connectivity index (χ1v) is 11.1. The number of benzene rings is 2. The number of thioether (sulfide) groups is 1. The van der Waals surface area contributed by atoms with Crippen LogP contribution in [0.25, 0.3) is 0 Å². The summed E-state index contributed by atoms with van der Waals surface area (Å²) >= 11 is 2.85. The first-order valence-electron chi connectivity index (χ1n) is 9.36. The Morgan fingerprint density at radius 2 is 1.93 bits per heavy atom. The van der Waals surface area contributed by atoms with Gasteiger partial charge in [-0.25, -0.2) is 4.98 Å². The zero-order valence-electron chi connectivity index (χ0n) is 16.5. The Kier molecular flexibility index (Phi) is 6.06. The molecule has 2 heterocycles. The summed E-state index contributed by atoms with van der Waals surface area (Å²) in [4.78, 5) is 31.9. The summed E-state index contributed by atoms with van der Waals surface area (Å²) in [6.45, 7) is 1.54. The van der Waals surface area contributed by atoms with E-state index in [4.69, 9.17) is 9.47 Å². The quantitative estimate of drug-likeness (QED) is 0.522. The third-order valence-corrected chi connectivity index (χ3v) is 6.81. The Morgan fingerprint density at radius 1 is 1.17 bits per heavy atom. The second-order valence-electron chi connectivity index (χ2n) is 6.67. The molecule has 0 saturated heterocycles. The number of methoxy groups -OCH3 is 1. The molecule has 0 N–H and O–H groups in total. The van der Waals surface area contributed by atoms with E-state index in [9.17, 15) is 9.59 Å². The molecule has 1 unspecified atom stereocenters. The van der Waals surface area contributed by atoms with Gasteiger partial charge in [0, 0.05) is 17.2 Å². The van der Waals surface area contributed by atoms with Crippen molar-refractivity contribution in [3.8, 4) is 5.75 Å². The Hall–Kier alpha value is -2.84. The van der Waals surface area contributed by atoms with Crippen LogP contribution in [-0.4, -0.2) is 29.2 Å². The summed E-state index contributed by atoms with van der Waals surface area (Å²) in [5.74, 6) is 0.144. The predicted octanol–water partition coefficient (Wildman–Crippen LogP) is 4.60. The number of fused-ring (bicyclic) bond motifs is 1. The van der Waals surface area contributed by atoms with Crippen molar-refractivity contribution >= 4 is 45.8 Å². The Bertz CT molecular complexity index is 1060. The molecule has 1 aliphatic rings. The van der Waals surface area contributed by atoms with Crippen LogP contribution in [0.2, 0.25) is 0 Å². The molecule has 6 nitrogen and oxygen atoms in total. The molecule has 0 spiro atoms. The van der Waals surface area contributed by atoms with E-state index in [1.54, 1.807) is 24.6 Å². The molecule has 0 fully saturated rings. The highest BCUT2D eigenvalue weighted by molar-refractivity contribution is 8.01.